The van der Waals surface area contributed by atoms with Gasteiger partial charge in [-0.15, -0.1) is 11.3 Å². The fourth-order valence-corrected chi connectivity index (χ4v) is 4.85. The molecule has 0 aromatic carbocycles. The van der Waals surface area contributed by atoms with Crippen molar-refractivity contribution >= 4 is 28.2 Å². The number of ether oxygens (including phenoxy) is 1. The van der Waals surface area contributed by atoms with E-state index in [1.165, 1.54) is 18.3 Å². The second-order valence-electron chi connectivity index (χ2n) is 7.88. The number of fused-ring (bicyclic) bond motifs is 1. The minimum Gasteiger partial charge on any atom is -0.459 e. The number of anilines is 1. The Morgan fingerprint density at radius 2 is 2.10 bits per heavy atom. The van der Waals surface area contributed by atoms with Gasteiger partial charge in [0.05, 0.1) is 11.7 Å². The zero-order valence-corrected chi connectivity index (χ0v) is 18.0. The third-order valence-corrected chi connectivity index (χ3v) is 6.05. The monoisotopic (exact) mass is 443 g/mol. The average molecular weight is 443 g/mol. The summed E-state index contributed by atoms with van der Waals surface area (Å²) in [6, 6.07) is 0.893. The Labute approximate surface area is 176 Å². The Balaban J connectivity index is 1.84. The van der Waals surface area contributed by atoms with Gasteiger partial charge in [-0.2, -0.15) is 18.3 Å². The molecule has 30 heavy (non-hydrogen) atoms. The van der Waals surface area contributed by atoms with Crippen molar-refractivity contribution in [3.8, 4) is 0 Å². The zero-order valence-electron chi connectivity index (χ0n) is 17.2. The van der Waals surface area contributed by atoms with Crippen LogP contribution in [0.2, 0.25) is 0 Å². The lowest BCUT2D eigenvalue weighted by molar-refractivity contribution is -0.141. The summed E-state index contributed by atoms with van der Waals surface area (Å²) in [7, 11) is 0. The van der Waals surface area contributed by atoms with E-state index in [-0.39, 0.29) is 18.3 Å². The Morgan fingerprint density at radius 1 is 1.40 bits per heavy atom. The second kappa shape index (κ2) is 8.41. The van der Waals surface area contributed by atoms with Crippen molar-refractivity contribution in [2.75, 3.05) is 5.32 Å². The molecule has 0 aliphatic heterocycles. The van der Waals surface area contributed by atoms with Crippen LogP contribution in [0.5, 0.6) is 0 Å². The molecule has 1 N–H and O–H groups in total. The van der Waals surface area contributed by atoms with Crippen molar-refractivity contribution in [1.29, 1.82) is 0 Å². The topological polar surface area (TPSA) is 73.2 Å². The highest BCUT2D eigenvalue weighted by Crippen LogP contribution is 2.40. The number of nitrogens with one attached hydrogen (secondary N) is 1. The van der Waals surface area contributed by atoms with E-state index in [0.717, 1.165) is 40.5 Å². The molecule has 1 atom stereocenters. The molecule has 0 saturated heterocycles. The first-order valence-electron chi connectivity index (χ1n) is 9.72. The maximum absolute atomic E-state index is 12.8. The molecule has 1 aliphatic rings. The van der Waals surface area contributed by atoms with Gasteiger partial charge in [0.25, 0.3) is 0 Å². The molecule has 0 fully saturated rings. The van der Waals surface area contributed by atoms with E-state index in [1.54, 1.807) is 13.8 Å². The van der Waals surface area contributed by atoms with Crippen molar-refractivity contribution < 1.29 is 27.5 Å². The highest BCUT2D eigenvalue weighted by atomic mass is 32.1. The maximum Gasteiger partial charge on any atom is 0.435 e. The van der Waals surface area contributed by atoms with Gasteiger partial charge in [-0.3, -0.25) is 9.48 Å². The number of thiophene rings is 1. The molecular weight excluding hydrogens is 419 g/mol. The van der Waals surface area contributed by atoms with Crippen molar-refractivity contribution in [3.05, 3.63) is 33.5 Å². The predicted molar refractivity (Wildman–Crippen MR) is 107 cm³/mol. The molecule has 164 valence electrons. The molecule has 0 saturated carbocycles. The maximum atomic E-state index is 12.8. The fourth-order valence-electron chi connectivity index (χ4n) is 3.44. The summed E-state index contributed by atoms with van der Waals surface area (Å²) >= 11 is 1.33. The number of nitrogens with zero attached hydrogens (tertiary/aromatic N) is 2. The lowest BCUT2D eigenvalue weighted by atomic mass is 9.88. The number of aromatic nitrogens is 2. The van der Waals surface area contributed by atoms with Crippen molar-refractivity contribution in [2.45, 2.75) is 65.8 Å². The van der Waals surface area contributed by atoms with Crippen molar-refractivity contribution in [3.63, 3.8) is 0 Å². The highest BCUT2D eigenvalue weighted by Gasteiger charge is 2.35. The van der Waals surface area contributed by atoms with E-state index < -0.39 is 23.7 Å². The molecule has 0 bridgehead atoms. The SMILES string of the molecule is Cc1cc(C(F)(F)F)nn1CC(=O)Nc1sc2c(c1C(=O)OC(C)C)CCC(C)C2. The fraction of sp³-hybridized carbons (Fsp3) is 0.550. The molecule has 2 aromatic heterocycles. The lowest BCUT2D eigenvalue weighted by Gasteiger charge is -2.18. The Bertz CT molecular complexity index is 963. The third-order valence-electron chi connectivity index (χ3n) is 4.88. The number of hydrogen-bond acceptors (Lipinski definition) is 5. The van der Waals surface area contributed by atoms with Crippen LogP contribution in [-0.2, 0) is 35.1 Å². The van der Waals surface area contributed by atoms with E-state index in [4.69, 9.17) is 4.74 Å². The molecule has 1 unspecified atom stereocenters. The zero-order chi connectivity index (χ0) is 22.2. The van der Waals surface area contributed by atoms with Crippen molar-refractivity contribution in [1.82, 2.24) is 9.78 Å². The number of aryl methyl sites for hydroxylation is 1. The lowest BCUT2D eigenvalue weighted by Crippen LogP contribution is -2.22. The number of alkyl halides is 3. The summed E-state index contributed by atoms with van der Waals surface area (Å²) in [5, 5.41) is 6.55. The first-order valence-corrected chi connectivity index (χ1v) is 10.5. The Morgan fingerprint density at radius 3 is 2.70 bits per heavy atom. The summed E-state index contributed by atoms with van der Waals surface area (Å²) in [5.74, 6) is -0.580. The van der Waals surface area contributed by atoms with Gasteiger partial charge in [-0.1, -0.05) is 6.92 Å². The number of carbonyl (C=O) groups is 2. The van der Waals surface area contributed by atoms with E-state index in [0.29, 0.717) is 16.5 Å². The van der Waals surface area contributed by atoms with Gasteiger partial charge < -0.3 is 10.1 Å². The Hall–Kier alpha value is -2.36. The van der Waals surface area contributed by atoms with Crippen LogP contribution in [0.1, 0.15) is 59.4 Å². The summed E-state index contributed by atoms with van der Waals surface area (Å²) < 4.78 is 44.9. The molecule has 1 aliphatic carbocycles. The molecule has 2 aromatic rings. The summed E-state index contributed by atoms with van der Waals surface area (Å²) in [6.45, 7) is 6.68. The summed E-state index contributed by atoms with van der Waals surface area (Å²) in [6.07, 6.45) is -2.43. The van der Waals surface area contributed by atoms with Gasteiger partial charge in [0.1, 0.15) is 11.5 Å². The molecule has 2 heterocycles. The number of carbonyl (C=O) groups excluding carboxylic acids is 2. The molecule has 0 radical (unpaired) electrons. The third kappa shape index (κ3) is 4.85. The van der Waals surface area contributed by atoms with Crippen LogP contribution in [-0.4, -0.2) is 27.8 Å². The van der Waals surface area contributed by atoms with Gasteiger partial charge in [0.2, 0.25) is 5.91 Å². The summed E-state index contributed by atoms with van der Waals surface area (Å²) in [4.78, 5) is 26.3. The minimum atomic E-state index is -4.58. The van der Waals surface area contributed by atoms with Gasteiger partial charge in [-0.05, 0) is 57.6 Å². The van der Waals surface area contributed by atoms with Gasteiger partial charge in [-0.25, -0.2) is 4.79 Å². The largest absolute Gasteiger partial charge is 0.459 e. The van der Waals surface area contributed by atoms with Crippen molar-refractivity contribution in [2.24, 2.45) is 5.92 Å². The van der Waals surface area contributed by atoms with Crippen LogP contribution in [0, 0.1) is 12.8 Å². The normalized spacial score (nSPS) is 16.5. The standard InChI is InChI=1S/C20H24F3N3O3S/c1-10(2)29-19(28)17-13-6-5-11(3)7-14(13)30-18(17)24-16(27)9-26-12(4)8-15(25-26)20(21,22)23/h8,10-11H,5-7,9H2,1-4H3,(H,24,27). The van der Waals surface area contributed by atoms with Gasteiger partial charge in [0.15, 0.2) is 5.69 Å². The van der Waals surface area contributed by atoms with Crippen LogP contribution in [0.3, 0.4) is 0 Å². The number of esters is 1. The van der Waals surface area contributed by atoms with Crippen LogP contribution in [0.4, 0.5) is 18.2 Å². The first-order chi connectivity index (χ1) is 14.0. The van der Waals surface area contributed by atoms with Crippen LogP contribution < -0.4 is 5.32 Å². The number of hydrogen-bond donors (Lipinski definition) is 1. The Kier molecular flexibility index (Phi) is 6.26. The van der Waals surface area contributed by atoms with E-state index in [2.05, 4.69) is 17.3 Å². The molecule has 0 spiro atoms. The number of rotatable bonds is 5. The van der Waals surface area contributed by atoms with E-state index in [1.807, 2.05) is 0 Å². The summed E-state index contributed by atoms with van der Waals surface area (Å²) in [5.41, 5.74) is 0.427. The van der Waals surface area contributed by atoms with Gasteiger partial charge in [0, 0.05) is 10.6 Å². The first kappa shape index (κ1) is 22.3. The highest BCUT2D eigenvalue weighted by molar-refractivity contribution is 7.17. The predicted octanol–water partition coefficient (Wildman–Crippen LogP) is 4.60. The molecule has 1 amide bonds. The average Bonchev–Trinajstić information content (AvgIpc) is 3.13. The quantitative estimate of drug-likeness (QED) is 0.686. The van der Waals surface area contributed by atoms with Crippen LogP contribution in [0.15, 0.2) is 6.07 Å². The van der Waals surface area contributed by atoms with E-state index >= 15 is 0 Å². The van der Waals surface area contributed by atoms with Gasteiger partial charge >= 0.3 is 12.1 Å². The molecule has 3 rings (SSSR count). The van der Waals surface area contributed by atoms with E-state index in [9.17, 15) is 22.8 Å². The minimum absolute atomic E-state index is 0.219. The van der Waals surface area contributed by atoms with Crippen LogP contribution in [0.25, 0.3) is 0 Å². The molecule has 10 heteroatoms. The number of halogens is 3. The second-order valence-corrected chi connectivity index (χ2v) is 8.99. The number of amides is 1. The van der Waals surface area contributed by atoms with Crippen LogP contribution >= 0.6 is 11.3 Å². The molecular formula is C20H24F3N3O3S. The molecule has 6 nitrogen and oxygen atoms in total. The smallest absolute Gasteiger partial charge is 0.435 e.